The number of H-pyrrole nitrogens is 1. The number of anilines is 1. The van der Waals surface area contributed by atoms with E-state index >= 15 is 0 Å². The van der Waals surface area contributed by atoms with Crippen molar-refractivity contribution in [1.82, 2.24) is 25.0 Å². The van der Waals surface area contributed by atoms with Crippen molar-refractivity contribution in [3.8, 4) is 17.1 Å². The number of aromatic nitrogens is 5. The third-order valence-electron chi connectivity index (χ3n) is 4.02. The maximum Gasteiger partial charge on any atom is 0.228 e. The van der Waals surface area contributed by atoms with Crippen LogP contribution in [-0.2, 0) is 11.2 Å². The van der Waals surface area contributed by atoms with Gasteiger partial charge in [0.05, 0.1) is 18.3 Å². The predicted molar refractivity (Wildman–Crippen MR) is 102 cm³/mol. The van der Waals surface area contributed by atoms with E-state index in [0.29, 0.717) is 11.5 Å². The highest BCUT2D eigenvalue weighted by Gasteiger charge is 2.09. The zero-order valence-electron chi connectivity index (χ0n) is 14.8. The molecule has 0 spiro atoms. The topological polar surface area (TPSA) is 88.5 Å². The Kier molecular flexibility index (Phi) is 4.49. The van der Waals surface area contributed by atoms with Gasteiger partial charge in [-0.15, -0.1) is 0 Å². The van der Waals surface area contributed by atoms with Gasteiger partial charge in [-0.2, -0.15) is 10.2 Å². The molecule has 0 saturated carbocycles. The van der Waals surface area contributed by atoms with Crippen LogP contribution in [0, 0.1) is 6.92 Å². The van der Waals surface area contributed by atoms with Gasteiger partial charge in [0.2, 0.25) is 5.91 Å². The summed E-state index contributed by atoms with van der Waals surface area (Å²) >= 11 is 0. The number of hydrogen-bond acceptors (Lipinski definition) is 4. The van der Waals surface area contributed by atoms with E-state index in [1.165, 1.54) is 0 Å². The van der Waals surface area contributed by atoms with E-state index in [1.807, 2.05) is 67.7 Å². The maximum absolute atomic E-state index is 12.4. The van der Waals surface area contributed by atoms with Gasteiger partial charge in [-0.25, -0.2) is 9.67 Å². The molecular weight excluding hydrogens is 340 g/mol. The number of para-hydroxylation sites is 1. The second-order valence-corrected chi connectivity index (χ2v) is 6.18. The summed E-state index contributed by atoms with van der Waals surface area (Å²) in [6.45, 7) is 1.84. The molecule has 0 saturated heterocycles. The van der Waals surface area contributed by atoms with Crippen LogP contribution in [0.15, 0.2) is 67.0 Å². The summed E-state index contributed by atoms with van der Waals surface area (Å²) in [6.07, 6.45) is 3.82. The van der Waals surface area contributed by atoms with Crippen molar-refractivity contribution >= 4 is 11.6 Å². The highest BCUT2D eigenvalue weighted by Crippen LogP contribution is 2.19. The first-order valence-electron chi connectivity index (χ1n) is 8.56. The Morgan fingerprint density at radius 2 is 2.00 bits per heavy atom. The van der Waals surface area contributed by atoms with Crippen LogP contribution in [0.4, 0.5) is 5.69 Å². The van der Waals surface area contributed by atoms with E-state index in [9.17, 15) is 4.79 Å². The number of rotatable bonds is 5. The first kappa shape index (κ1) is 16.7. The normalized spacial score (nSPS) is 10.7. The van der Waals surface area contributed by atoms with Crippen LogP contribution >= 0.6 is 0 Å². The van der Waals surface area contributed by atoms with Gasteiger partial charge in [-0.3, -0.25) is 9.89 Å². The van der Waals surface area contributed by atoms with Crippen molar-refractivity contribution in [3.05, 3.63) is 78.4 Å². The number of aromatic amines is 1. The molecule has 4 rings (SSSR count). The number of benzene rings is 2. The largest absolute Gasteiger partial charge is 0.326 e. The molecule has 0 unspecified atom stereocenters. The number of nitrogens with zero attached hydrogens (tertiary/aromatic N) is 4. The molecule has 27 heavy (non-hydrogen) atoms. The van der Waals surface area contributed by atoms with Gasteiger partial charge in [0.1, 0.15) is 5.82 Å². The molecule has 134 valence electrons. The fourth-order valence-corrected chi connectivity index (χ4v) is 2.77. The molecule has 0 atom stereocenters. The van der Waals surface area contributed by atoms with E-state index in [0.717, 1.165) is 22.6 Å². The van der Waals surface area contributed by atoms with Crippen molar-refractivity contribution in [1.29, 1.82) is 0 Å². The summed E-state index contributed by atoms with van der Waals surface area (Å²) < 4.78 is 1.76. The molecule has 7 heteroatoms. The van der Waals surface area contributed by atoms with Crippen LogP contribution in [0.2, 0.25) is 0 Å². The smallest absolute Gasteiger partial charge is 0.228 e. The molecule has 4 aromatic rings. The van der Waals surface area contributed by atoms with Gasteiger partial charge >= 0.3 is 0 Å². The minimum absolute atomic E-state index is 0.106. The average Bonchev–Trinajstić information content (AvgIpc) is 3.32. The summed E-state index contributed by atoms with van der Waals surface area (Å²) in [6, 6.07) is 17.3. The van der Waals surface area contributed by atoms with E-state index in [-0.39, 0.29) is 12.3 Å². The zero-order chi connectivity index (χ0) is 18.6. The lowest BCUT2D eigenvalue weighted by atomic mass is 10.2. The minimum atomic E-state index is -0.106. The predicted octanol–water partition coefficient (Wildman–Crippen LogP) is 3.15. The van der Waals surface area contributed by atoms with Gasteiger partial charge in [0.15, 0.2) is 5.82 Å². The molecule has 7 nitrogen and oxygen atoms in total. The number of amides is 1. The summed E-state index contributed by atoms with van der Waals surface area (Å²) in [7, 11) is 0. The Morgan fingerprint density at radius 3 is 2.78 bits per heavy atom. The Balaban J connectivity index is 1.43. The number of carbonyl (C=O) groups is 1. The fourth-order valence-electron chi connectivity index (χ4n) is 2.77. The SMILES string of the molecule is Cc1nc(-c2cccc(NC(=O)Cc3cnn(-c4ccccc4)c3)c2)n[nH]1. The standard InChI is InChI=1S/C20H18N6O/c1-14-22-20(25-24-14)16-6-5-7-17(11-16)23-19(27)10-15-12-21-26(13-15)18-8-3-2-4-9-18/h2-9,11-13H,10H2,1H3,(H,23,27)(H,22,24,25). The lowest BCUT2D eigenvalue weighted by molar-refractivity contribution is -0.115. The summed E-state index contributed by atoms with van der Waals surface area (Å²) in [5, 5.41) is 14.2. The Bertz CT molecular complexity index is 1070. The highest BCUT2D eigenvalue weighted by molar-refractivity contribution is 5.92. The second-order valence-electron chi connectivity index (χ2n) is 6.18. The van der Waals surface area contributed by atoms with Crippen molar-refractivity contribution in [2.45, 2.75) is 13.3 Å². The fraction of sp³-hybridized carbons (Fsp3) is 0.100. The molecule has 0 aliphatic heterocycles. The average molecular weight is 358 g/mol. The first-order valence-corrected chi connectivity index (χ1v) is 8.56. The number of carbonyl (C=O) groups excluding carboxylic acids is 1. The van der Waals surface area contributed by atoms with Gasteiger partial charge < -0.3 is 5.32 Å². The van der Waals surface area contributed by atoms with Crippen LogP contribution in [-0.4, -0.2) is 30.9 Å². The Hall–Kier alpha value is -3.74. The number of aryl methyl sites for hydroxylation is 1. The highest BCUT2D eigenvalue weighted by atomic mass is 16.1. The van der Waals surface area contributed by atoms with Crippen LogP contribution in [0.25, 0.3) is 17.1 Å². The monoisotopic (exact) mass is 358 g/mol. The van der Waals surface area contributed by atoms with Crippen molar-refractivity contribution < 1.29 is 4.79 Å². The molecule has 0 fully saturated rings. The number of nitrogens with one attached hydrogen (secondary N) is 2. The zero-order valence-corrected chi connectivity index (χ0v) is 14.8. The van der Waals surface area contributed by atoms with Crippen LogP contribution in [0.3, 0.4) is 0 Å². The summed E-state index contributed by atoms with van der Waals surface area (Å²) in [4.78, 5) is 16.7. The molecule has 1 amide bonds. The minimum Gasteiger partial charge on any atom is -0.326 e. The Morgan fingerprint density at radius 1 is 1.15 bits per heavy atom. The van der Waals surface area contributed by atoms with E-state index in [1.54, 1.807) is 10.9 Å². The lowest BCUT2D eigenvalue weighted by Gasteiger charge is -2.05. The molecule has 2 aromatic carbocycles. The van der Waals surface area contributed by atoms with Crippen molar-refractivity contribution in [2.75, 3.05) is 5.32 Å². The number of hydrogen-bond donors (Lipinski definition) is 2. The van der Waals surface area contributed by atoms with E-state index < -0.39 is 0 Å². The third kappa shape index (κ3) is 3.92. The molecule has 2 N–H and O–H groups in total. The third-order valence-corrected chi connectivity index (χ3v) is 4.02. The molecule has 0 radical (unpaired) electrons. The second kappa shape index (κ2) is 7.25. The van der Waals surface area contributed by atoms with Gasteiger partial charge in [-0.1, -0.05) is 30.3 Å². The van der Waals surface area contributed by atoms with Crippen molar-refractivity contribution in [3.63, 3.8) is 0 Å². The summed E-state index contributed by atoms with van der Waals surface area (Å²) in [5.41, 5.74) is 3.35. The molecule has 2 aromatic heterocycles. The van der Waals surface area contributed by atoms with Crippen LogP contribution < -0.4 is 5.32 Å². The maximum atomic E-state index is 12.4. The van der Waals surface area contributed by atoms with Crippen molar-refractivity contribution in [2.24, 2.45) is 0 Å². The molecule has 2 heterocycles. The molecular formula is C20H18N6O. The molecule has 0 bridgehead atoms. The lowest BCUT2D eigenvalue weighted by Crippen LogP contribution is -2.14. The quantitative estimate of drug-likeness (QED) is 0.574. The van der Waals surface area contributed by atoms with Crippen LogP contribution in [0.1, 0.15) is 11.4 Å². The Labute approximate surface area is 156 Å². The van der Waals surface area contributed by atoms with E-state index in [2.05, 4.69) is 25.6 Å². The van der Waals surface area contributed by atoms with Gasteiger partial charge in [-0.05, 0) is 36.8 Å². The van der Waals surface area contributed by atoms with Gasteiger partial charge in [0.25, 0.3) is 0 Å². The first-order chi connectivity index (χ1) is 13.2. The van der Waals surface area contributed by atoms with Gasteiger partial charge in [0, 0.05) is 17.4 Å². The molecule has 0 aliphatic carbocycles. The van der Waals surface area contributed by atoms with Crippen LogP contribution in [0.5, 0.6) is 0 Å². The summed E-state index contributed by atoms with van der Waals surface area (Å²) in [5.74, 6) is 1.24. The van der Waals surface area contributed by atoms with E-state index in [4.69, 9.17) is 0 Å². The molecule has 0 aliphatic rings.